The van der Waals surface area contributed by atoms with E-state index in [9.17, 15) is 0 Å². The number of benzene rings is 4. The maximum atomic E-state index is 3.66. The van der Waals surface area contributed by atoms with Gasteiger partial charge in [0.25, 0.3) is 0 Å². The first kappa shape index (κ1) is 10.8. The van der Waals surface area contributed by atoms with Gasteiger partial charge in [-0.05, 0) is 38.4 Å². The normalized spacial score (nSPS) is 11.9. The Hall–Kier alpha value is -1.12. The average molecular weight is 360 g/mol. The SMILES string of the molecule is Brc1cc(Br)c2ccc3cccc4ccc1c2c43. The van der Waals surface area contributed by atoms with E-state index < -0.39 is 0 Å². The Balaban J connectivity index is 2.48. The van der Waals surface area contributed by atoms with Crippen molar-refractivity contribution < 1.29 is 0 Å². The molecule has 0 atom stereocenters. The summed E-state index contributed by atoms with van der Waals surface area (Å²) in [4.78, 5) is 0. The molecule has 0 spiro atoms. The summed E-state index contributed by atoms with van der Waals surface area (Å²) >= 11 is 7.32. The van der Waals surface area contributed by atoms with Crippen LogP contribution in [0.15, 0.2) is 57.5 Å². The summed E-state index contributed by atoms with van der Waals surface area (Å²) in [7, 11) is 0. The molecule has 2 heteroatoms. The highest BCUT2D eigenvalue weighted by molar-refractivity contribution is 9.11. The summed E-state index contributed by atoms with van der Waals surface area (Å²) in [5, 5.41) is 7.85. The maximum Gasteiger partial charge on any atom is 0.0265 e. The van der Waals surface area contributed by atoms with E-state index in [1.807, 2.05) is 0 Å². The van der Waals surface area contributed by atoms with Gasteiger partial charge < -0.3 is 0 Å². The van der Waals surface area contributed by atoms with Crippen LogP contribution >= 0.6 is 31.9 Å². The highest BCUT2D eigenvalue weighted by Crippen LogP contribution is 2.40. The van der Waals surface area contributed by atoms with Crippen molar-refractivity contribution in [3.63, 3.8) is 0 Å². The molecule has 0 amide bonds. The zero-order chi connectivity index (χ0) is 12.3. The first-order chi connectivity index (χ1) is 8.75. The lowest BCUT2D eigenvalue weighted by molar-refractivity contribution is 1.71. The van der Waals surface area contributed by atoms with Gasteiger partial charge in [0.2, 0.25) is 0 Å². The van der Waals surface area contributed by atoms with Crippen LogP contribution in [0.3, 0.4) is 0 Å². The molecule has 0 nitrogen and oxygen atoms in total. The Bertz CT molecular complexity index is 827. The number of rotatable bonds is 0. The summed E-state index contributed by atoms with van der Waals surface area (Å²) < 4.78 is 2.28. The summed E-state index contributed by atoms with van der Waals surface area (Å²) in [6.07, 6.45) is 0. The fourth-order valence-electron chi connectivity index (χ4n) is 2.75. The third-order valence-electron chi connectivity index (χ3n) is 3.54. The van der Waals surface area contributed by atoms with Gasteiger partial charge in [0.1, 0.15) is 0 Å². The molecule has 18 heavy (non-hydrogen) atoms. The quantitative estimate of drug-likeness (QED) is 0.332. The largest absolute Gasteiger partial charge is 0.0610 e. The topological polar surface area (TPSA) is 0 Å². The molecule has 0 fully saturated rings. The first-order valence-electron chi connectivity index (χ1n) is 5.77. The minimum Gasteiger partial charge on any atom is -0.0610 e. The standard InChI is InChI=1S/C16H8Br2/c17-13-8-14(18)12-7-5-10-3-1-2-9-4-6-11(13)16(12)15(9)10/h1-8H. The van der Waals surface area contributed by atoms with Crippen LogP contribution in [0.2, 0.25) is 0 Å². The van der Waals surface area contributed by atoms with E-state index >= 15 is 0 Å². The minimum absolute atomic E-state index is 1.14. The van der Waals surface area contributed by atoms with Crippen LogP contribution in [0.25, 0.3) is 32.3 Å². The third-order valence-corrected chi connectivity index (χ3v) is 4.86. The lowest BCUT2D eigenvalue weighted by Crippen LogP contribution is -1.85. The summed E-state index contributed by atoms with van der Waals surface area (Å²) in [5.41, 5.74) is 0. The lowest BCUT2D eigenvalue weighted by Gasteiger charge is -2.12. The molecular formula is C16H8Br2. The van der Waals surface area contributed by atoms with Crippen LogP contribution in [-0.4, -0.2) is 0 Å². The number of hydrogen-bond acceptors (Lipinski definition) is 0. The molecule has 4 aromatic carbocycles. The van der Waals surface area contributed by atoms with Crippen molar-refractivity contribution in [3.8, 4) is 0 Å². The van der Waals surface area contributed by atoms with Crippen LogP contribution in [0.4, 0.5) is 0 Å². The number of halogens is 2. The highest BCUT2D eigenvalue weighted by atomic mass is 79.9. The molecule has 0 saturated heterocycles. The van der Waals surface area contributed by atoms with E-state index in [1.165, 1.54) is 32.3 Å². The summed E-state index contributed by atoms with van der Waals surface area (Å²) in [6, 6.07) is 17.4. The highest BCUT2D eigenvalue weighted by Gasteiger charge is 2.11. The zero-order valence-electron chi connectivity index (χ0n) is 9.37. The lowest BCUT2D eigenvalue weighted by atomic mass is 9.94. The molecule has 0 unspecified atom stereocenters. The van der Waals surface area contributed by atoms with E-state index in [-0.39, 0.29) is 0 Å². The van der Waals surface area contributed by atoms with Gasteiger partial charge in [-0.3, -0.25) is 0 Å². The Labute approximate surface area is 121 Å². The van der Waals surface area contributed by atoms with Crippen molar-refractivity contribution in [1.29, 1.82) is 0 Å². The van der Waals surface area contributed by atoms with E-state index in [2.05, 4.69) is 80.4 Å². The van der Waals surface area contributed by atoms with Crippen molar-refractivity contribution in [2.45, 2.75) is 0 Å². The van der Waals surface area contributed by atoms with Gasteiger partial charge in [0.15, 0.2) is 0 Å². The first-order valence-corrected chi connectivity index (χ1v) is 7.36. The van der Waals surface area contributed by atoms with Crippen molar-refractivity contribution in [2.24, 2.45) is 0 Å². The molecule has 4 rings (SSSR count). The van der Waals surface area contributed by atoms with Crippen LogP contribution in [0.1, 0.15) is 0 Å². The van der Waals surface area contributed by atoms with E-state index in [0.717, 1.165) is 8.95 Å². The van der Waals surface area contributed by atoms with Crippen molar-refractivity contribution in [1.82, 2.24) is 0 Å². The second-order valence-electron chi connectivity index (χ2n) is 4.52. The average Bonchev–Trinajstić information content (AvgIpc) is 2.38. The van der Waals surface area contributed by atoms with Crippen molar-refractivity contribution >= 4 is 64.2 Å². The molecule has 0 saturated carbocycles. The molecule has 0 aromatic heterocycles. The van der Waals surface area contributed by atoms with Crippen LogP contribution in [-0.2, 0) is 0 Å². The molecule has 0 radical (unpaired) electrons. The van der Waals surface area contributed by atoms with Gasteiger partial charge in [0, 0.05) is 8.95 Å². The fraction of sp³-hybridized carbons (Fsp3) is 0. The predicted molar refractivity (Wildman–Crippen MR) is 85.5 cm³/mol. The Kier molecular flexibility index (Phi) is 2.21. The molecular weight excluding hydrogens is 352 g/mol. The van der Waals surface area contributed by atoms with Gasteiger partial charge in [-0.2, -0.15) is 0 Å². The van der Waals surface area contributed by atoms with Crippen molar-refractivity contribution in [3.05, 3.63) is 57.5 Å². The van der Waals surface area contributed by atoms with Gasteiger partial charge in [-0.15, -0.1) is 0 Å². The molecule has 0 heterocycles. The van der Waals surface area contributed by atoms with Gasteiger partial charge >= 0.3 is 0 Å². The molecule has 0 aliphatic heterocycles. The molecule has 0 N–H and O–H groups in total. The molecule has 0 aliphatic rings. The van der Waals surface area contributed by atoms with E-state index in [0.29, 0.717) is 0 Å². The van der Waals surface area contributed by atoms with E-state index in [1.54, 1.807) is 0 Å². The fourth-order valence-corrected chi connectivity index (χ4v) is 4.17. The molecule has 86 valence electrons. The summed E-state index contributed by atoms with van der Waals surface area (Å²) in [5.74, 6) is 0. The van der Waals surface area contributed by atoms with Crippen LogP contribution in [0.5, 0.6) is 0 Å². The molecule has 0 aliphatic carbocycles. The second kappa shape index (κ2) is 3.69. The van der Waals surface area contributed by atoms with Crippen LogP contribution in [0, 0.1) is 0 Å². The second-order valence-corrected chi connectivity index (χ2v) is 6.23. The van der Waals surface area contributed by atoms with Gasteiger partial charge in [-0.1, -0.05) is 74.3 Å². The Morgan fingerprint density at radius 2 is 1.17 bits per heavy atom. The molecule has 4 aromatic rings. The Morgan fingerprint density at radius 1 is 0.611 bits per heavy atom. The monoisotopic (exact) mass is 358 g/mol. The zero-order valence-corrected chi connectivity index (χ0v) is 12.5. The van der Waals surface area contributed by atoms with Crippen molar-refractivity contribution in [2.75, 3.05) is 0 Å². The number of hydrogen-bond donors (Lipinski definition) is 0. The van der Waals surface area contributed by atoms with Gasteiger partial charge in [-0.25, -0.2) is 0 Å². The third kappa shape index (κ3) is 1.30. The van der Waals surface area contributed by atoms with Crippen LogP contribution < -0.4 is 0 Å². The smallest absolute Gasteiger partial charge is 0.0265 e. The van der Waals surface area contributed by atoms with Gasteiger partial charge in [0.05, 0.1) is 0 Å². The maximum absolute atomic E-state index is 3.66. The Morgan fingerprint density at radius 3 is 1.72 bits per heavy atom. The molecule has 0 bridgehead atoms. The predicted octanol–water partition coefficient (Wildman–Crippen LogP) is 6.11. The minimum atomic E-state index is 1.14. The summed E-state index contributed by atoms with van der Waals surface area (Å²) in [6.45, 7) is 0. The van der Waals surface area contributed by atoms with E-state index in [4.69, 9.17) is 0 Å².